The van der Waals surface area contributed by atoms with Crippen molar-refractivity contribution in [3.63, 3.8) is 0 Å². The number of carbonyl (C=O) groups is 1. The van der Waals surface area contributed by atoms with Crippen LogP contribution >= 0.6 is 0 Å². The van der Waals surface area contributed by atoms with Crippen molar-refractivity contribution in [2.75, 3.05) is 50.2 Å². The van der Waals surface area contributed by atoms with Crippen molar-refractivity contribution in [1.29, 1.82) is 0 Å². The molecule has 0 atom stereocenters. The van der Waals surface area contributed by atoms with Crippen LogP contribution in [0.3, 0.4) is 0 Å². The van der Waals surface area contributed by atoms with Crippen molar-refractivity contribution < 1.29 is 17.9 Å². The van der Waals surface area contributed by atoms with Crippen LogP contribution in [0.1, 0.15) is 5.56 Å². The number of hydrogen-bond acceptors (Lipinski definition) is 5. The number of morpholine rings is 1. The van der Waals surface area contributed by atoms with Gasteiger partial charge >= 0.3 is 0 Å². The van der Waals surface area contributed by atoms with Gasteiger partial charge in [0.1, 0.15) is 6.54 Å². The number of aryl methyl sites for hydroxylation is 1. The lowest BCUT2D eigenvalue weighted by Gasteiger charge is -2.27. The van der Waals surface area contributed by atoms with Gasteiger partial charge in [-0.15, -0.1) is 0 Å². The molecule has 2 aromatic rings. The topological polar surface area (TPSA) is 79.0 Å². The second-order valence-corrected chi connectivity index (χ2v) is 8.78. The Kier molecular flexibility index (Phi) is 7.24. The maximum absolute atomic E-state index is 13.3. The number of amides is 1. The summed E-state index contributed by atoms with van der Waals surface area (Å²) in [6.07, 6.45) is 0. The number of hydrogen-bond donors (Lipinski definition) is 1. The van der Waals surface area contributed by atoms with Crippen LogP contribution in [0.4, 0.5) is 5.69 Å². The first-order valence-corrected chi connectivity index (χ1v) is 11.1. The maximum atomic E-state index is 13.3. The number of para-hydroxylation sites is 1. The summed E-state index contributed by atoms with van der Waals surface area (Å²) >= 11 is 0. The molecule has 1 amide bonds. The number of anilines is 1. The van der Waals surface area contributed by atoms with Crippen LogP contribution in [-0.2, 0) is 19.6 Å². The molecule has 8 heteroatoms. The SMILES string of the molecule is Cc1ccccc1N(CC(=O)NCCN1CCOCC1)S(=O)(=O)c1ccccc1. The molecule has 0 spiro atoms. The number of ether oxygens (including phenoxy) is 1. The van der Waals surface area contributed by atoms with Crippen molar-refractivity contribution in [3.8, 4) is 0 Å². The molecule has 0 unspecified atom stereocenters. The van der Waals surface area contributed by atoms with Crippen LogP contribution in [0.5, 0.6) is 0 Å². The van der Waals surface area contributed by atoms with Gasteiger partial charge < -0.3 is 10.1 Å². The summed E-state index contributed by atoms with van der Waals surface area (Å²) in [6.45, 7) is 5.82. The van der Waals surface area contributed by atoms with E-state index >= 15 is 0 Å². The third kappa shape index (κ3) is 5.56. The van der Waals surface area contributed by atoms with Gasteiger partial charge in [0.15, 0.2) is 0 Å². The van der Waals surface area contributed by atoms with Crippen molar-refractivity contribution in [1.82, 2.24) is 10.2 Å². The van der Waals surface area contributed by atoms with E-state index in [1.54, 1.807) is 30.3 Å². The van der Waals surface area contributed by atoms with Crippen LogP contribution in [-0.4, -0.2) is 65.2 Å². The van der Waals surface area contributed by atoms with E-state index in [0.29, 0.717) is 32.0 Å². The number of nitrogens with one attached hydrogen (secondary N) is 1. The van der Waals surface area contributed by atoms with Crippen LogP contribution in [0, 0.1) is 6.92 Å². The third-order valence-corrected chi connectivity index (χ3v) is 6.63. The molecule has 3 rings (SSSR count). The highest BCUT2D eigenvalue weighted by Crippen LogP contribution is 2.26. The lowest BCUT2D eigenvalue weighted by molar-refractivity contribution is -0.119. The van der Waals surface area contributed by atoms with E-state index in [9.17, 15) is 13.2 Å². The van der Waals surface area contributed by atoms with Gasteiger partial charge in [-0.05, 0) is 30.7 Å². The molecule has 0 aliphatic carbocycles. The first kappa shape index (κ1) is 21.3. The summed E-state index contributed by atoms with van der Waals surface area (Å²) < 4.78 is 33.0. The number of sulfonamides is 1. The highest BCUT2D eigenvalue weighted by atomic mass is 32.2. The fraction of sp³-hybridized carbons (Fsp3) is 0.381. The lowest BCUT2D eigenvalue weighted by atomic mass is 10.2. The molecule has 1 N–H and O–H groups in total. The molecular weight excluding hydrogens is 390 g/mol. The molecule has 29 heavy (non-hydrogen) atoms. The zero-order valence-corrected chi connectivity index (χ0v) is 17.4. The fourth-order valence-corrected chi connectivity index (χ4v) is 4.73. The van der Waals surface area contributed by atoms with Gasteiger partial charge in [0.25, 0.3) is 10.0 Å². The zero-order chi connectivity index (χ0) is 20.7. The standard InChI is InChI=1S/C21H27N3O4S/c1-18-7-5-6-10-20(18)24(29(26,27)19-8-3-2-4-9-19)17-21(25)22-11-12-23-13-15-28-16-14-23/h2-10H,11-17H2,1H3,(H,22,25). The van der Waals surface area contributed by atoms with Gasteiger partial charge in [0.05, 0.1) is 23.8 Å². The molecule has 1 heterocycles. The molecule has 2 aromatic carbocycles. The predicted octanol–water partition coefficient (Wildman–Crippen LogP) is 1.64. The van der Waals surface area contributed by atoms with E-state index in [1.165, 1.54) is 16.4 Å². The first-order valence-electron chi connectivity index (χ1n) is 9.69. The maximum Gasteiger partial charge on any atom is 0.264 e. The zero-order valence-electron chi connectivity index (χ0n) is 16.6. The Labute approximate surface area is 172 Å². The molecule has 1 saturated heterocycles. The molecule has 1 aliphatic rings. The minimum absolute atomic E-state index is 0.157. The number of carbonyl (C=O) groups excluding carboxylic acids is 1. The molecule has 0 radical (unpaired) electrons. The van der Waals surface area contributed by atoms with Gasteiger partial charge in [-0.2, -0.15) is 0 Å². The number of benzene rings is 2. The van der Waals surface area contributed by atoms with Gasteiger partial charge in [0.2, 0.25) is 5.91 Å². The van der Waals surface area contributed by atoms with E-state index in [-0.39, 0.29) is 17.3 Å². The molecule has 1 aliphatic heterocycles. The summed E-state index contributed by atoms with van der Waals surface area (Å²) in [5.41, 5.74) is 1.29. The lowest BCUT2D eigenvalue weighted by Crippen LogP contribution is -2.45. The average Bonchev–Trinajstić information content (AvgIpc) is 2.74. The van der Waals surface area contributed by atoms with Crippen LogP contribution < -0.4 is 9.62 Å². The highest BCUT2D eigenvalue weighted by Gasteiger charge is 2.28. The Bertz CT molecular complexity index is 913. The second kappa shape index (κ2) is 9.87. The Morgan fingerprint density at radius 1 is 1.07 bits per heavy atom. The van der Waals surface area contributed by atoms with Crippen molar-refractivity contribution in [2.24, 2.45) is 0 Å². The van der Waals surface area contributed by atoms with E-state index in [0.717, 1.165) is 18.7 Å². The molecule has 7 nitrogen and oxygen atoms in total. The van der Waals surface area contributed by atoms with Gasteiger partial charge in [-0.25, -0.2) is 8.42 Å². The molecule has 1 fully saturated rings. The largest absolute Gasteiger partial charge is 0.379 e. The second-order valence-electron chi connectivity index (χ2n) is 6.92. The average molecular weight is 418 g/mol. The molecule has 0 aromatic heterocycles. The quantitative estimate of drug-likeness (QED) is 0.706. The van der Waals surface area contributed by atoms with Crippen molar-refractivity contribution in [2.45, 2.75) is 11.8 Å². The van der Waals surface area contributed by atoms with E-state index in [1.807, 2.05) is 19.1 Å². The van der Waals surface area contributed by atoms with Gasteiger partial charge in [-0.1, -0.05) is 36.4 Å². The van der Waals surface area contributed by atoms with Crippen LogP contribution in [0.25, 0.3) is 0 Å². The summed E-state index contributed by atoms with van der Waals surface area (Å²) in [4.78, 5) is 15.0. The Morgan fingerprint density at radius 3 is 2.41 bits per heavy atom. The Balaban J connectivity index is 1.73. The smallest absolute Gasteiger partial charge is 0.264 e. The van der Waals surface area contributed by atoms with E-state index in [4.69, 9.17) is 4.74 Å². The molecule has 0 saturated carbocycles. The Morgan fingerprint density at radius 2 is 1.72 bits per heavy atom. The molecule has 156 valence electrons. The molecular formula is C21H27N3O4S. The highest BCUT2D eigenvalue weighted by molar-refractivity contribution is 7.92. The van der Waals surface area contributed by atoms with E-state index in [2.05, 4.69) is 10.2 Å². The number of nitrogens with zero attached hydrogens (tertiary/aromatic N) is 2. The summed E-state index contributed by atoms with van der Waals surface area (Å²) in [5.74, 6) is -0.332. The van der Waals surface area contributed by atoms with Crippen molar-refractivity contribution in [3.05, 3.63) is 60.2 Å². The van der Waals surface area contributed by atoms with Crippen LogP contribution in [0.2, 0.25) is 0 Å². The van der Waals surface area contributed by atoms with Crippen molar-refractivity contribution >= 4 is 21.6 Å². The number of rotatable bonds is 8. The minimum atomic E-state index is -3.87. The first-order chi connectivity index (χ1) is 14.0. The minimum Gasteiger partial charge on any atom is -0.379 e. The summed E-state index contributed by atoms with van der Waals surface area (Å²) in [5, 5.41) is 2.85. The fourth-order valence-electron chi connectivity index (χ4n) is 3.23. The van der Waals surface area contributed by atoms with E-state index < -0.39 is 10.0 Å². The summed E-state index contributed by atoms with van der Waals surface area (Å²) in [7, 11) is -3.87. The predicted molar refractivity (Wildman–Crippen MR) is 112 cm³/mol. The van der Waals surface area contributed by atoms with Gasteiger partial charge in [-0.3, -0.25) is 14.0 Å². The van der Waals surface area contributed by atoms with Gasteiger partial charge in [0, 0.05) is 26.2 Å². The normalized spacial score (nSPS) is 15.1. The molecule has 0 bridgehead atoms. The Hall–Kier alpha value is -2.42. The van der Waals surface area contributed by atoms with Crippen LogP contribution in [0.15, 0.2) is 59.5 Å². The summed E-state index contributed by atoms with van der Waals surface area (Å²) in [6, 6.07) is 15.3. The third-order valence-electron chi connectivity index (χ3n) is 4.86. The monoisotopic (exact) mass is 417 g/mol.